The number of esters is 1. The molecule has 0 aliphatic rings. The zero-order valence-corrected chi connectivity index (χ0v) is 17.0. The second-order valence-electron chi connectivity index (χ2n) is 6.10. The van der Waals surface area contributed by atoms with E-state index < -0.39 is 21.9 Å². The largest absolute Gasteiger partial charge is 0.462 e. The Labute approximate surface area is 165 Å². The first-order valence-electron chi connectivity index (χ1n) is 8.89. The summed E-state index contributed by atoms with van der Waals surface area (Å²) in [7, 11) is -3.67. The minimum absolute atomic E-state index is 0.246. The maximum Gasteiger partial charge on any atom is 0.338 e. The average molecular weight is 404 g/mol. The van der Waals surface area contributed by atoms with Crippen LogP contribution in [0.5, 0.6) is 0 Å². The predicted octanol–water partition coefficient (Wildman–Crippen LogP) is 2.83. The molecule has 1 amide bonds. The summed E-state index contributed by atoms with van der Waals surface area (Å²) in [5, 5.41) is 2.64. The molecule has 0 spiro atoms. The van der Waals surface area contributed by atoms with Gasteiger partial charge in [-0.25, -0.2) is 13.2 Å². The Morgan fingerprint density at radius 2 is 1.79 bits per heavy atom. The van der Waals surface area contributed by atoms with Crippen LogP contribution in [0.4, 0.5) is 11.4 Å². The monoisotopic (exact) mass is 404 g/mol. The Balaban J connectivity index is 2.22. The van der Waals surface area contributed by atoms with Gasteiger partial charge >= 0.3 is 5.97 Å². The molecule has 2 rings (SSSR count). The van der Waals surface area contributed by atoms with Gasteiger partial charge in [-0.3, -0.25) is 9.10 Å². The van der Waals surface area contributed by atoms with Gasteiger partial charge in [0.1, 0.15) is 6.54 Å². The van der Waals surface area contributed by atoms with Gasteiger partial charge in [-0.1, -0.05) is 31.2 Å². The molecule has 0 aromatic heterocycles. The van der Waals surface area contributed by atoms with Gasteiger partial charge in [-0.05, 0) is 43.2 Å². The number of rotatable bonds is 8. The van der Waals surface area contributed by atoms with Crippen molar-refractivity contribution in [1.29, 1.82) is 0 Å². The quantitative estimate of drug-likeness (QED) is 0.683. The van der Waals surface area contributed by atoms with Crippen LogP contribution in [0, 0.1) is 0 Å². The van der Waals surface area contributed by atoms with Crippen LogP contribution in [-0.2, 0) is 26.0 Å². The maximum atomic E-state index is 12.5. The summed E-state index contributed by atoms with van der Waals surface area (Å²) >= 11 is 0. The van der Waals surface area contributed by atoms with E-state index in [1.807, 2.05) is 19.1 Å². The molecule has 0 radical (unpaired) electrons. The molecular weight excluding hydrogens is 380 g/mol. The van der Waals surface area contributed by atoms with Crippen LogP contribution in [-0.4, -0.2) is 39.7 Å². The number of carbonyl (C=O) groups is 2. The fraction of sp³-hybridized carbons (Fsp3) is 0.300. The summed E-state index contributed by atoms with van der Waals surface area (Å²) in [4.78, 5) is 24.3. The minimum atomic E-state index is -3.67. The third-order valence-corrected chi connectivity index (χ3v) is 5.11. The molecule has 7 nitrogen and oxygen atoms in total. The van der Waals surface area contributed by atoms with Crippen molar-refractivity contribution in [2.24, 2.45) is 0 Å². The first-order valence-corrected chi connectivity index (χ1v) is 10.7. The topological polar surface area (TPSA) is 92.8 Å². The van der Waals surface area contributed by atoms with Crippen molar-refractivity contribution in [2.75, 3.05) is 29.0 Å². The summed E-state index contributed by atoms with van der Waals surface area (Å²) in [6, 6.07) is 13.3. The van der Waals surface area contributed by atoms with E-state index in [4.69, 9.17) is 4.74 Å². The van der Waals surface area contributed by atoms with Gasteiger partial charge in [0, 0.05) is 5.69 Å². The number of benzene rings is 2. The van der Waals surface area contributed by atoms with Crippen molar-refractivity contribution in [3.63, 3.8) is 0 Å². The van der Waals surface area contributed by atoms with Gasteiger partial charge in [-0.2, -0.15) is 0 Å². The fourth-order valence-electron chi connectivity index (χ4n) is 2.70. The molecule has 0 saturated carbocycles. The van der Waals surface area contributed by atoms with E-state index in [-0.39, 0.29) is 13.2 Å². The standard InChI is InChI=1S/C20H24N2O5S/c1-4-15-9-6-7-12-18(15)22(28(3,25)26)14-19(23)21-17-11-8-10-16(13-17)20(24)27-5-2/h6-13H,4-5,14H2,1-3H3,(H,21,23). The number of anilines is 2. The Bertz CT molecular complexity index is 957. The molecule has 28 heavy (non-hydrogen) atoms. The number of para-hydroxylation sites is 1. The average Bonchev–Trinajstić information content (AvgIpc) is 2.65. The van der Waals surface area contributed by atoms with Crippen LogP contribution < -0.4 is 9.62 Å². The highest BCUT2D eigenvalue weighted by molar-refractivity contribution is 7.92. The van der Waals surface area contributed by atoms with Crippen molar-refractivity contribution >= 4 is 33.3 Å². The summed E-state index contributed by atoms with van der Waals surface area (Å²) < 4.78 is 30.6. The number of nitrogens with one attached hydrogen (secondary N) is 1. The minimum Gasteiger partial charge on any atom is -0.462 e. The molecule has 0 unspecified atom stereocenters. The third kappa shape index (κ3) is 5.56. The second kappa shape index (κ2) is 9.36. The lowest BCUT2D eigenvalue weighted by Crippen LogP contribution is -2.38. The Morgan fingerprint density at radius 3 is 2.43 bits per heavy atom. The molecule has 0 saturated heterocycles. The molecule has 0 aliphatic carbocycles. The highest BCUT2D eigenvalue weighted by Gasteiger charge is 2.23. The van der Waals surface area contributed by atoms with Crippen molar-refractivity contribution in [2.45, 2.75) is 20.3 Å². The number of hydrogen-bond donors (Lipinski definition) is 1. The van der Waals surface area contributed by atoms with E-state index in [2.05, 4.69) is 5.32 Å². The molecule has 8 heteroatoms. The van der Waals surface area contributed by atoms with E-state index in [0.29, 0.717) is 23.4 Å². The van der Waals surface area contributed by atoms with Crippen LogP contribution in [0.25, 0.3) is 0 Å². The number of carbonyl (C=O) groups excluding carboxylic acids is 2. The first-order chi connectivity index (χ1) is 13.3. The molecule has 2 aromatic carbocycles. The molecule has 0 aliphatic heterocycles. The number of ether oxygens (including phenoxy) is 1. The van der Waals surface area contributed by atoms with Crippen LogP contribution in [0.15, 0.2) is 48.5 Å². The molecular formula is C20H24N2O5S. The normalized spacial score (nSPS) is 11.0. The predicted molar refractivity (Wildman–Crippen MR) is 109 cm³/mol. The second-order valence-corrected chi connectivity index (χ2v) is 8.01. The van der Waals surface area contributed by atoms with Crippen molar-refractivity contribution in [1.82, 2.24) is 0 Å². The SMILES string of the molecule is CCOC(=O)c1cccc(NC(=O)CN(c2ccccc2CC)S(C)(=O)=O)c1. The number of hydrogen-bond acceptors (Lipinski definition) is 5. The van der Waals surface area contributed by atoms with Gasteiger partial charge in [-0.15, -0.1) is 0 Å². The van der Waals surface area contributed by atoms with Gasteiger partial charge in [0.25, 0.3) is 0 Å². The lowest BCUT2D eigenvalue weighted by Gasteiger charge is -2.24. The summed E-state index contributed by atoms with van der Waals surface area (Å²) in [6.07, 6.45) is 1.69. The summed E-state index contributed by atoms with van der Waals surface area (Å²) in [5.41, 5.74) is 1.98. The van der Waals surface area contributed by atoms with E-state index in [1.54, 1.807) is 37.3 Å². The third-order valence-electron chi connectivity index (χ3n) is 3.99. The zero-order chi connectivity index (χ0) is 20.7. The molecule has 0 bridgehead atoms. The number of amides is 1. The fourth-order valence-corrected chi connectivity index (χ4v) is 3.59. The highest BCUT2D eigenvalue weighted by Crippen LogP contribution is 2.23. The molecule has 2 aromatic rings. The smallest absolute Gasteiger partial charge is 0.338 e. The van der Waals surface area contributed by atoms with Gasteiger partial charge < -0.3 is 10.1 Å². The van der Waals surface area contributed by atoms with Crippen LogP contribution in [0.1, 0.15) is 29.8 Å². The molecule has 0 heterocycles. The lowest BCUT2D eigenvalue weighted by molar-refractivity contribution is -0.114. The van der Waals surface area contributed by atoms with Crippen molar-refractivity contribution in [3.8, 4) is 0 Å². The van der Waals surface area contributed by atoms with Crippen LogP contribution >= 0.6 is 0 Å². The molecule has 0 fully saturated rings. The van der Waals surface area contributed by atoms with Crippen LogP contribution in [0.3, 0.4) is 0 Å². The Kier molecular flexibility index (Phi) is 7.17. The molecule has 150 valence electrons. The zero-order valence-electron chi connectivity index (χ0n) is 16.1. The Morgan fingerprint density at radius 1 is 1.07 bits per heavy atom. The van der Waals surface area contributed by atoms with Gasteiger partial charge in [0.05, 0.1) is 24.1 Å². The van der Waals surface area contributed by atoms with E-state index in [9.17, 15) is 18.0 Å². The van der Waals surface area contributed by atoms with E-state index in [1.165, 1.54) is 6.07 Å². The molecule has 1 N–H and O–H groups in total. The van der Waals surface area contributed by atoms with Gasteiger partial charge in [0.2, 0.25) is 15.9 Å². The number of nitrogens with zero attached hydrogens (tertiary/aromatic N) is 1. The highest BCUT2D eigenvalue weighted by atomic mass is 32.2. The van der Waals surface area contributed by atoms with Crippen molar-refractivity contribution in [3.05, 3.63) is 59.7 Å². The van der Waals surface area contributed by atoms with Gasteiger partial charge in [0.15, 0.2) is 0 Å². The van der Waals surface area contributed by atoms with E-state index in [0.717, 1.165) is 16.1 Å². The summed E-state index contributed by atoms with van der Waals surface area (Å²) in [6.45, 7) is 3.49. The van der Waals surface area contributed by atoms with E-state index >= 15 is 0 Å². The molecule has 0 atom stereocenters. The lowest BCUT2D eigenvalue weighted by atomic mass is 10.1. The summed E-state index contributed by atoms with van der Waals surface area (Å²) in [5.74, 6) is -1.01. The first kappa shape index (κ1) is 21.4. The van der Waals surface area contributed by atoms with Crippen molar-refractivity contribution < 1.29 is 22.7 Å². The maximum absolute atomic E-state index is 12.5. The van der Waals surface area contributed by atoms with Crippen LogP contribution in [0.2, 0.25) is 0 Å². The number of sulfonamides is 1. The number of aryl methyl sites for hydroxylation is 1. The Hall–Kier alpha value is -2.87.